The predicted molar refractivity (Wildman–Crippen MR) is 120 cm³/mol. The second-order valence-electron chi connectivity index (χ2n) is 8.06. The summed E-state index contributed by atoms with van der Waals surface area (Å²) in [5.41, 5.74) is 6.33. The van der Waals surface area contributed by atoms with Gasteiger partial charge in [-0.25, -0.2) is 4.98 Å². The number of aliphatic hydroxyl groups excluding tert-OH is 1. The normalized spacial score (nSPS) is 20.5. The van der Waals surface area contributed by atoms with Crippen LogP contribution >= 0.6 is 11.3 Å². The van der Waals surface area contributed by atoms with Crippen molar-refractivity contribution < 1.29 is 29.0 Å². The molecule has 2 unspecified atom stereocenters. The minimum atomic E-state index is -0.791. The van der Waals surface area contributed by atoms with Crippen molar-refractivity contribution in [2.45, 2.75) is 38.8 Å². The molecule has 0 radical (unpaired) electrons. The lowest BCUT2D eigenvalue weighted by atomic mass is 9.94. The van der Waals surface area contributed by atoms with Gasteiger partial charge in [-0.05, 0) is 44.4 Å². The number of aliphatic hydroxyl groups is 1. The topological polar surface area (TPSA) is 132 Å². The van der Waals surface area contributed by atoms with E-state index in [4.69, 9.17) is 15.2 Å². The highest BCUT2D eigenvalue weighted by atomic mass is 32.1. The lowest BCUT2D eigenvalue weighted by molar-refractivity contribution is -0.131. The Morgan fingerprint density at radius 3 is 2.61 bits per heavy atom. The first-order valence-corrected chi connectivity index (χ1v) is 11.4. The zero-order valence-electron chi connectivity index (χ0n) is 18.4. The van der Waals surface area contributed by atoms with E-state index in [1.807, 2.05) is 0 Å². The maximum atomic E-state index is 13.5. The van der Waals surface area contributed by atoms with E-state index in [-0.39, 0.29) is 24.8 Å². The third-order valence-corrected chi connectivity index (χ3v) is 6.73. The largest absolute Gasteiger partial charge is 0.503 e. The molecule has 2 amide bonds. The Morgan fingerprint density at radius 2 is 2.03 bits per heavy atom. The Morgan fingerprint density at radius 1 is 1.30 bits per heavy atom. The number of thiazole rings is 1. The molecule has 1 aromatic heterocycles. The molecule has 33 heavy (non-hydrogen) atoms. The molecule has 1 saturated heterocycles. The number of nitrogens with two attached hydrogens (primary N) is 1. The van der Waals surface area contributed by atoms with E-state index in [9.17, 15) is 19.5 Å². The van der Waals surface area contributed by atoms with Gasteiger partial charge in [-0.1, -0.05) is 12.1 Å². The number of carbonyl (C=O) groups excluding carboxylic acids is 3. The summed E-state index contributed by atoms with van der Waals surface area (Å²) < 4.78 is 11.0. The summed E-state index contributed by atoms with van der Waals surface area (Å²) in [6.45, 7) is 4.14. The minimum Gasteiger partial charge on any atom is -0.503 e. The molecule has 10 heteroatoms. The van der Waals surface area contributed by atoms with Crippen LogP contribution in [0.15, 0.2) is 35.6 Å². The molecule has 1 fully saturated rings. The number of ether oxygens (including phenoxy) is 2. The molecule has 3 heterocycles. The molecule has 2 aromatic rings. The van der Waals surface area contributed by atoms with Crippen molar-refractivity contribution in [2.75, 3.05) is 19.8 Å². The SMILES string of the molecule is Cc1nc(C)c(C(=O)C2=C(O)C(=O)N(CC3CCCO3)C2c2ccc(OCC(N)=O)cc2)s1. The molecule has 1 aromatic carbocycles. The molecule has 174 valence electrons. The number of carbonyl (C=O) groups is 3. The number of hydrogen-bond acceptors (Lipinski definition) is 8. The van der Waals surface area contributed by atoms with Crippen LogP contribution in [-0.2, 0) is 14.3 Å². The monoisotopic (exact) mass is 471 g/mol. The van der Waals surface area contributed by atoms with Crippen molar-refractivity contribution in [3.05, 3.63) is 56.7 Å². The number of rotatable bonds is 8. The Kier molecular flexibility index (Phi) is 6.48. The van der Waals surface area contributed by atoms with Crippen LogP contribution in [0.25, 0.3) is 0 Å². The lowest BCUT2D eigenvalue weighted by Crippen LogP contribution is -2.37. The lowest BCUT2D eigenvalue weighted by Gasteiger charge is -2.29. The predicted octanol–water partition coefficient (Wildman–Crippen LogP) is 2.38. The van der Waals surface area contributed by atoms with Gasteiger partial charge in [0, 0.05) is 13.2 Å². The van der Waals surface area contributed by atoms with Crippen LogP contribution in [0, 0.1) is 13.8 Å². The Balaban J connectivity index is 1.71. The van der Waals surface area contributed by atoms with Gasteiger partial charge in [-0.3, -0.25) is 14.4 Å². The molecule has 2 aliphatic heterocycles. The van der Waals surface area contributed by atoms with Crippen molar-refractivity contribution in [3.63, 3.8) is 0 Å². The molecule has 0 spiro atoms. The summed E-state index contributed by atoms with van der Waals surface area (Å²) >= 11 is 1.23. The average molecular weight is 472 g/mol. The summed E-state index contributed by atoms with van der Waals surface area (Å²) in [4.78, 5) is 43.8. The second kappa shape index (κ2) is 9.32. The van der Waals surface area contributed by atoms with Crippen molar-refractivity contribution in [1.82, 2.24) is 9.88 Å². The summed E-state index contributed by atoms with van der Waals surface area (Å²) in [6.07, 6.45) is 1.53. The standard InChI is InChI=1S/C23H25N3O6S/c1-12-22(33-13(2)25-12)20(28)18-19(14-5-7-15(8-6-14)32-11-17(24)27)26(23(30)21(18)29)10-16-4-3-9-31-16/h5-8,16,19,29H,3-4,9-11H2,1-2H3,(H2,24,27). The van der Waals surface area contributed by atoms with E-state index in [1.54, 1.807) is 38.1 Å². The molecular weight excluding hydrogens is 446 g/mol. The summed E-state index contributed by atoms with van der Waals surface area (Å²) in [6, 6.07) is 5.88. The Hall–Kier alpha value is -3.24. The fraction of sp³-hybridized carbons (Fsp3) is 0.391. The van der Waals surface area contributed by atoms with Crippen LogP contribution in [0.1, 0.15) is 44.8 Å². The quantitative estimate of drug-likeness (QED) is 0.565. The smallest absolute Gasteiger partial charge is 0.290 e. The van der Waals surface area contributed by atoms with Gasteiger partial charge >= 0.3 is 0 Å². The summed E-state index contributed by atoms with van der Waals surface area (Å²) in [5.74, 6) is -1.76. The fourth-order valence-electron chi connectivity index (χ4n) is 4.19. The third kappa shape index (κ3) is 4.62. The van der Waals surface area contributed by atoms with Gasteiger partial charge in [-0.2, -0.15) is 0 Å². The molecule has 3 N–H and O–H groups in total. The molecular formula is C23H25N3O6S. The van der Waals surface area contributed by atoms with Crippen LogP contribution in [0.5, 0.6) is 5.75 Å². The number of aromatic nitrogens is 1. The highest BCUT2D eigenvalue weighted by Crippen LogP contribution is 2.41. The van der Waals surface area contributed by atoms with E-state index in [1.165, 1.54) is 16.2 Å². The molecule has 9 nitrogen and oxygen atoms in total. The van der Waals surface area contributed by atoms with Gasteiger partial charge < -0.3 is 25.2 Å². The van der Waals surface area contributed by atoms with Crippen molar-refractivity contribution >= 4 is 28.9 Å². The van der Waals surface area contributed by atoms with E-state index in [0.29, 0.717) is 28.5 Å². The third-order valence-electron chi connectivity index (χ3n) is 5.66. The number of ketones is 1. The highest BCUT2D eigenvalue weighted by molar-refractivity contribution is 7.14. The minimum absolute atomic E-state index is 0.0237. The van der Waals surface area contributed by atoms with Gasteiger partial charge in [0.2, 0.25) is 5.78 Å². The summed E-state index contributed by atoms with van der Waals surface area (Å²) in [5, 5.41) is 11.5. The van der Waals surface area contributed by atoms with Crippen LogP contribution in [0.4, 0.5) is 0 Å². The van der Waals surface area contributed by atoms with E-state index < -0.39 is 29.4 Å². The number of primary amides is 1. The van der Waals surface area contributed by atoms with Crippen LogP contribution in [0.3, 0.4) is 0 Å². The van der Waals surface area contributed by atoms with Crippen molar-refractivity contribution in [3.8, 4) is 5.75 Å². The number of aryl methyl sites for hydroxylation is 2. The maximum Gasteiger partial charge on any atom is 0.290 e. The number of amides is 2. The van der Waals surface area contributed by atoms with Gasteiger partial charge in [0.1, 0.15) is 5.75 Å². The zero-order chi connectivity index (χ0) is 23.7. The first-order valence-electron chi connectivity index (χ1n) is 10.6. The van der Waals surface area contributed by atoms with Gasteiger partial charge in [0.15, 0.2) is 12.4 Å². The van der Waals surface area contributed by atoms with E-state index in [0.717, 1.165) is 17.8 Å². The molecule has 0 aliphatic carbocycles. The number of benzene rings is 1. The number of nitrogens with zero attached hydrogens (tertiary/aromatic N) is 2. The molecule has 2 aliphatic rings. The van der Waals surface area contributed by atoms with E-state index >= 15 is 0 Å². The van der Waals surface area contributed by atoms with E-state index in [2.05, 4.69) is 4.98 Å². The first kappa shape index (κ1) is 22.9. The second-order valence-corrected chi connectivity index (χ2v) is 9.26. The number of hydrogen-bond donors (Lipinski definition) is 2. The van der Waals surface area contributed by atoms with Crippen molar-refractivity contribution in [2.24, 2.45) is 5.73 Å². The van der Waals surface area contributed by atoms with Gasteiger partial charge in [-0.15, -0.1) is 11.3 Å². The van der Waals surface area contributed by atoms with Gasteiger partial charge in [0.25, 0.3) is 11.8 Å². The highest BCUT2D eigenvalue weighted by Gasteiger charge is 2.45. The molecule has 0 bridgehead atoms. The van der Waals surface area contributed by atoms with Gasteiger partial charge in [0.05, 0.1) is 33.3 Å². The zero-order valence-corrected chi connectivity index (χ0v) is 19.2. The number of Topliss-reactive ketones (excluding diaryl/α,β-unsaturated/α-hetero) is 1. The Bertz CT molecular complexity index is 1120. The maximum absolute atomic E-state index is 13.5. The molecule has 0 saturated carbocycles. The average Bonchev–Trinajstić information content (AvgIpc) is 3.47. The Labute approximate surface area is 194 Å². The van der Waals surface area contributed by atoms with Crippen LogP contribution in [0.2, 0.25) is 0 Å². The van der Waals surface area contributed by atoms with Crippen molar-refractivity contribution in [1.29, 1.82) is 0 Å². The first-order chi connectivity index (χ1) is 15.8. The molecule has 2 atom stereocenters. The van der Waals surface area contributed by atoms with Crippen LogP contribution in [-0.4, -0.2) is 58.5 Å². The summed E-state index contributed by atoms with van der Waals surface area (Å²) in [7, 11) is 0. The van der Waals surface area contributed by atoms with Crippen LogP contribution < -0.4 is 10.5 Å². The molecule has 4 rings (SSSR count). The fourth-order valence-corrected chi connectivity index (χ4v) is 5.07.